The number of benzene rings is 1. The molecule has 0 amide bonds. The summed E-state index contributed by atoms with van der Waals surface area (Å²) in [4.78, 5) is 18.0. The molecule has 0 aliphatic carbocycles. The van der Waals surface area contributed by atoms with Crippen molar-refractivity contribution in [3.05, 3.63) is 37.1 Å². The lowest BCUT2D eigenvalue weighted by atomic mass is 10.2. The molecule has 0 atom stereocenters. The maximum absolute atomic E-state index is 11.5. The summed E-state index contributed by atoms with van der Waals surface area (Å²) >= 11 is 7.70. The van der Waals surface area contributed by atoms with E-state index in [0.717, 1.165) is 0 Å². The van der Waals surface area contributed by atoms with Gasteiger partial charge in [-0.25, -0.2) is 0 Å². The number of aromatic nitrogens is 2. The van der Waals surface area contributed by atoms with E-state index in [0.29, 0.717) is 16.3 Å². The minimum Gasteiger partial charge on any atom is -0.495 e. The maximum Gasteiger partial charge on any atom is 0.268 e. The second kappa shape index (κ2) is 5.15. The topological polar surface area (TPSA) is 75.2 Å². The molecule has 1 heterocycles. The highest BCUT2D eigenvalue weighted by Gasteiger charge is 2.10. The van der Waals surface area contributed by atoms with Gasteiger partial charge in [-0.1, -0.05) is 11.6 Å². The molecule has 0 aliphatic rings. The highest BCUT2D eigenvalue weighted by atomic mass is 127. The van der Waals surface area contributed by atoms with E-state index in [4.69, 9.17) is 16.3 Å². The Morgan fingerprint density at radius 1 is 1.50 bits per heavy atom. The normalized spacial score (nSPS) is 10.4. The maximum atomic E-state index is 11.5. The quantitative estimate of drug-likeness (QED) is 0.787. The van der Waals surface area contributed by atoms with Gasteiger partial charge in [0, 0.05) is 5.56 Å². The second-order valence-electron chi connectivity index (χ2n) is 3.40. The fourth-order valence-corrected chi connectivity index (χ4v) is 1.91. The largest absolute Gasteiger partial charge is 0.495 e. The number of aromatic amines is 1. The van der Waals surface area contributed by atoms with Crippen LogP contribution >= 0.6 is 34.2 Å². The van der Waals surface area contributed by atoms with Crippen molar-refractivity contribution in [3.63, 3.8) is 0 Å². The molecule has 0 unspecified atom stereocenters. The summed E-state index contributed by atoms with van der Waals surface area (Å²) in [5, 5.41) is 9.91. The van der Waals surface area contributed by atoms with Crippen molar-refractivity contribution >= 4 is 34.2 Å². The van der Waals surface area contributed by atoms with Crippen molar-refractivity contribution in [2.75, 3.05) is 7.11 Å². The fourth-order valence-electron chi connectivity index (χ4n) is 1.40. The van der Waals surface area contributed by atoms with Gasteiger partial charge >= 0.3 is 0 Å². The van der Waals surface area contributed by atoms with Crippen LogP contribution in [0.3, 0.4) is 0 Å². The van der Waals surface area contributed by atoms with Gasteiger partial charge in [-0.05, 0) is 40.8 Å². The van der Waals surface area contributed by atoms with Crippen LogP contribution in [0.15, 0.2) is 23.0 Å². The minimum atomic E-state index is -0.398. The Bertz CT molecular complexity index is 657. The molecule has 94 valence electrons. The van der Waals surface area contributed by atoms with Gasteiger partial charge in [0.1, 0.15) is 15.1 Å². The summed E-state index contributed by atoms with van der Waals surface area (Å²) in [7, 11) is 1.51. The molecule has 0 saturated heterocycles. The SMILES string of the molecule is COc1ccc(-c2nc(O)c(I)c(=O)[nH]2)cc1Cl. The molecule has 1 aromatic heterocycles. The van der Waals surface area contributed by atoms with E-state index < -0.39 is 5.56 Å². The molecule has 2 rings (SSSR count). The van der Waals surface area contributed by atoms with Gasteiger partial charge in [0.05, 0.1) is 12.1 Å². The molecule has 2 N–H and O–H groups in total. The third-order valence-corrected chi connectivity index (χ3v) is 3.54. The van der Waals surface area contributed by atoms with Crippen LogP contribution in [-0.2, 0) is 0 Å². The second-order valence-corrected chi connectivity index (χ2v) is 4.89. The zero-order valence-corrected chi connectivity index (χ0v) is 12.1. The minimum absolute atomic E-state index is 0.149. The number of ether oxygens (including phenoxy) is 1. The molecule has 5 nitrogen and oxygen atoms in total. The molecule has 0 saturated carbocycles. The first kappa shape index (κ1) is 13.2. The first-order valence-electron chi connectivity index (χ1n) is 4.85. The van der Waals surface area contributed by atoms with Crippen molar-refractivity contribution in [2.45, 2.75) is 0 Å². The van der Waals surface area contributed by atoms with E-state index in [1.807, 2.05) is 0 Å². The van der Waals surface area contributed by atoms with Crippen LogP contribution in [0.5, 0.6) is 11.6 Å². The van der Waals surface area contributed by atoms with Gasteiger partial charge in [-0.2, -0.15) is 4.98 Å². The zero-order valence-electron chi connectivity index (χ0n) is 9.20. The van der Waals surface area contributed by atoms with E-state index in [1.165, 1.54) is 7.11 Å². The van der Waals surface area contributed by atoms with Gasteiger partial charge in [0.2, 0.25) is 5.88 Å². The molecule has 0 fully saturated rings. The number of nitrogens with one attached hydrogen (secondary N) is 1. The average molecular weight is 379 g/mol. The third kappa shape index (κ3) is 2.44. The molecule has 1 aromatic carbocycles. The fraction of sp³-hybridized carbons (Fsp3) is 0.0909. The Labute approximate surface area is 121 Å². The van der Waals surface area contributed by atoms with Crippen molar-refractivity contribution < 1.29 is 9.84 Å². The standard InChI is InChI=1S/C11H8ClIN2O3/c1-18-7-3-2-5(4-6(7)12)9-14-10(16)8(13)11(17)15-9/h2-4H,1H3,(H2,14,15,16,17). The smallest absolute Gasteiger partial charge is 0.268 e. The average Bonchev–Trinajstić information content (AvgIpc) is 2.35. The summed E-state index contributed by atoms with van der Waals surface area (Å²) in [6, 6.07) is 4.95. The number of hydrogen-bond acceptors (Lipinski definition) is 4. The monoisotopic (exact) mass is 378 g/mol. The third-order valence-electron chi connectivity index (χ3n) is 2.27. The number of nitrogens with zero attached hydrogens (tertiary/aromatic N) is 1. The van der Waals surface area contributed by atoms with E-state index >= 15 is 0 Å². The Morgan fingerprint density at radius 2 is 2.22 bits per heavy atom. The van der Waals surface area contributed by atoms with Gasteiger partial charge in [0.25, 0.3) is 5.56 Å². The van der Waals surface area contributed by atoms with E-state index in [9.17, 15) is 9.90 Å². The Kier molecular flexibility index (Phi) is 3.76. The van der Waals surface area contributed by atoms with Gasteiger partial charge in [0.15, 0.2) is 0 Å². The van der Waals surface area contributed by atoms with Crippen molar-refractivity contribution in [2.24, 2.45) is 0 Å². The van der Waals surface area contributed by atoms with Crippen LogP contribution in [0.4, 0.5) is 0 Å². The summed E-state index contributed by atoms with van der Waals surface area (Å²) in [5.74, 6) is 0.473. The number of methoxy groups -OCH3 is 1. The van der Waals surface area contributed by atoms with Gasteiger partial charge in [-0.3, -0.25) is 4.79 Å². The molecule has 18 heavy (non-hydrogen) atoms. The van der Waals surface area contributed by atoms with Crippen molar-refractivity contribution in [1.29, 1.82) is 0 Å². The molecule has 0 aliphatic heterocycles. The van der Waals surface area contributed by atoms with Crippen LogP contribution in [0.2, 0.25) is 5.02 Å². The first-order valence-corrected chi connectivity index (χ1v) is 6.31. The summed E-state index contributed by atoms with van der Waals surface area (Å²) in [6.45, 7) is 0. The van der Waals surface area contributed by atoms with Gasteiger partial charge < -0.3 is 14.8 Å². The van der Waals surface area contributed by atoms with Gasteiger partial charge in [-0.15, -0.1) is 0 Å². The summed E-state index contributed by atoms with van der Waals surface area (Å²) in [6.07, 6.45) is 0. The number of rotatable bonds is 2. The zero-order chi connectivity index (χ0) is 13.3. The van der Waals surface area contributed by atoms with E-state index in [1.54, 1.807) is 40.8 Å². The van der Waals surface area contributed by atoms with Crippen LogP contribution < -0.4 is 10.3 Å². The lowest BCUT2D eigenvalue weighted by molar-refractivity contribution is 0.415. The lowest BCUT2D eigenvalue weighted by Gasteiger charge is -2.06. The molecule has 0 bridgehead atoms. The Hall–Kier alpha value is -1.28. The van der Waals surface area contributed by atoms with Crippen molar-refractivity contribution in [1.82, 2.24) is 9.97 Å². The molecule has 0 spiro atoms. The van der Waals surface area contributed by atoms with Crippen LogP contribution in [0.1, 0.15) is 0 Å². The molecule has 0 radical (unpaired) electrons. The summed E-state index contributed by atoms with van der Waals surface area (Å²) < 4.78 is 5.18. The number of halogens is 2. The van der Waals surface area contributed by atoms with Crippen LogP contribution in [-0.4, -0.2) is 22.2 Å². The number of aromatic hydroxyl groups is 1. The predicted molar refractivity (Wildman–Crippen MR) is 76.2 cm³/mol. The number of hydrogen-bond donors (Lipinski definition) is 2. The van der Waals surface area contributed by atoms with E-state index in [-0.39, 0.29) is 15.3 Å². The lowest BCUT2D eigenvalue weighted by Crippen LogP contribution is -2.12. The molecule has 7 heteroatoms. The highest BCUT2D eigenvalue weighted by Crippen LogP contribution is 2.29. The van der Waals surface area contributed by atoms with Crippen LogP contribution in [0.25, 0.3) is 11.4 Å². The Morgan fingerprint density at radius 3 is 2.78 bits per heavy atom. The highest BCUT2D eigenvalue weighted by molar-refractivity contribution is 14.1. The van der Waals surface area contributed by atoms with E-state index in [2.05, 4.69) is 9.97 Å². The number of H-pyrrole nitrogens is 1. The molecular weight excluding hydrogens is 370 g/mol. The predicted octanol–water partition coefficient (Wildman–Crippen LogP) is 2.41. The molecule has 2 aromatic rings. The van der Waals surface area contributed by atoms with Crippen LogP contribution in [0, 0.1) is 3.57 Å². The first-order chi connectivity index (χ1) is 8.52. The molecular formula is C11H8ClIN2O3. The Balaban J connectivity index is 2.56. The summed E-state index contributed by atoms with van der Waals surface area (Å²) in [5.41, 5.74) is 0.189. The van der Waals surface area contributed by atoms with Crippen molar-refractivity contribution in [3.8, 4) is 23.0 Å².